The van der Waals surface area contributed by atoms with Crippen molar-refractivity contribution in [1.29, 1.82) is 0 Å². The number of nitrogens with one attached hydrogen (secondary N) is 1. The van der Waals surface area contributed by atoms with Crippen molar-refractivity contribution in [3.05, 3.63) is 88.7 Å². The van der Waals surface area contributed by atoms with E-state index in [4.69, 9.17) is 33.2 Å². The van der Waals surface area contributed by atoms with Gasteiger partial charge in [0.1, 0.15) is 65.7 Å². The van der Waals surface area contributed by atoms with Gasteiger partial charge in [-0.15, -0.1) is 0 Å². The molecule has 6 rings (SSSR count). The first-order valence-electron chi connectivity index (χ1n) is 24.4. The molecular weight excluding hydrogens is 894 g/mol. The predicted molar refractivity (Wildman–Crippen MR) is 264 cm³/mol. The lowest BCUT2D eigenvalue weighted by Gasteiger charge is -2.36. The van der Waals surface area contributed by atoms with Crippen LogP contribution in [-0.2, 0) is 18.9 Å². The minimum atomic E-state index is -0.561. The number of morpholine rings is 2. The highest BCUT2D eigenvalue weighted by Crippen LogP contribution is 2.29. The first-order valence-corrected chi connectivity index (χ1v) is 24.4. The van der Waals surface area contributed by atoms with Crippen LogP contribution in [0.1, 0.15) is 112 Å². The summed E-state index contributed by atoms with van der Waals surface area (Å²) in [5.41, 5.74) is 1.86. The van der Waals surface area contributed by atoms with Crippen LogP contribution >= 0.6 is 0 Å². The molecule has 3 aliphatic rings. The fourth-order valence-electron chi connectivity index (χ4n) is 7.17. The zero-order valence-corrected chi connectivity index (χ0v) is 43.6. The molecule has 2 unspecified atom stereocenters. The van der Waals surface area contributed by atoms with Gasteiger partial charge in [-0.05, 0) is 95.2 Å². The van der Waals surface area contributed by atoms with Crippen molar-refractivity contribution in [3.8, 4) is 17.2 Å². The summed E-state index contributed by atoms with van der Waals surface area (Å²) in [5.74, 6) is 1.32. The van der Waals surface area contributed by atoms with Gasteiger partial charge in [0.05, 0.1) is 38.5 Å². The number of hydrogen-bond acceptors (Lipinski definition) is 11. The summed E-state index contributed by atoms with van der Waals surface area (Å²) in [6, 6.07) is 13.7. The van der Waals surface area contributed by atoms with Crippen LogP contribution in [-0.4, -0.2) is 142 Å². The molecule has 16 heteroatoms. The van der Waals surface area contributed by atoms with Gasteiger partial charge in [-0.3, -0.25) is 9.80 Å². The molecule has 2 amide bonds. The number of carbonyl (C=O) groups excluding carboxylic acids is 2. The van der Waals surface area contributed by atoms with E-state index >= 15 is 0 Å². The van der Waals surface area contributed by atoms with Gasteiger partial charge >= 0.3 is 12.2 Å². The van der Waals surface area contributed by atoms with E-state index in [0.29, 0.717) is 69.9 Å². The topological polar surface area (TPSA) is 121 Å². The molecule has 69 heavy (non-hydrogen) atoms. The molecule has 3 heterocycles. The SMILES string of the molecule is CC.CC(C)c1ccc(F)cc1OCC1COCCN1C(=O)OC(C)(C)C.CC(C)c1ccc(F)cc1OCCN1CCN(C(=O)OC(C)(C)C)CC1.Cc1ccc(F)cc1OCC1COCCN1. The lowest BCUT2D eigenvalue weighted by atomic mass is 10.0. The Hall–Kier alpha value is -4.77. The first-order chi connectivity index (χ1) is 32.6. The third-order valence-electron chi connectivity index (χ3n) is 10.8. The van der Waals surface area contributed by atoms with E-state index in [9.17, 15) is 22.8 Å². The maximum atomic E-state index is 13.6. The van der Waals surface area contributed by atoms with Crippen LogP contribution in [0.5, 0.6) is 17.2 Å². The minimum Gasteiger partial charge on any atom is -0.492 e. The molecule has 0 aromatic heterocycles. The Labute approximate surface area is 410 Å². The number of aryl methyl sites for hydroxylation is 1. The molecule has 2 atom stereocenters. The van der Waals surface area contributed by atoms with Crippen molar-refractivity contribution in [3.63, 3.8) is 0 Å². The average molecular weight is 975 g/mol. The predicted octanol–water partition coefficient (Wildman–Crippen LogP) is 10.4. The maximum Gasteiger partial charge on any atom is 0.410 e. The average Bonchev–Trinajstić information content (AvgIpc) is 3.29. The normalized spacial score (nSPS) is 17.6. The molecule has 1 N–H and O–H groups in total. The summed E-state index contributed by atoms with van der Waals surface area (Å²) < 4.78 is 79.0. The van der Waals surface area contributed by atoms with E-state index < -0.39 is 11.2 Å². The third-order valence-corrected chi connectivity index (χ3v) is 10.8. The number of benzene rings is 3. The van der Waals surface area contributed by atoms with Crippen molar-refractivity contribution < 1.29 is 55.9 Å². The van der Waals surface area contributed by atoms with Crippen molar-refractivity contribution in [2.24, 2.45) is 0 Å². The van der Waals surface area contributed by atoms with E-state index in [1.807, 2.05) is 76.2 Å². The lowest BCUT2D eigenvalue weighted by molar-refractivity contribution is -0.0419. The van der Waals surface area contributed by atoms with E-state index in [0.717, 1.165) is 49.5 Å². The molecule has 3 saturated heterocycles. The molecular formula is C53H81F3N4O9. The standard InChI is InChI=1S/C20H31FN2O3.C19H28FNO4.C12H16FNO2.C2H6/c1-15(2)17-7-6-16(21)14-18(17)25-13-12-22-8-10-23(11-9-22)19(24)26-20(3,4)5;1-13(2)16-7-6-14(20)10-17(16)24-12-15-11-23-9-8-21(15)18(22)25-19(3,4)5;1-9-2-3-10(13)6-12(9)16-8-11-7-15-5-4-14-11;1-2/h6-7,14-15H,8-13H2,1-5H3;6-7,10,13,15H,8-9,11-12H2,1-5H3;2-3,6,11,14H,4-5,7-8H2,1H3;1-2H3. The molecule has 3 aromatic rings. The second-order valence-electron chi connectivity index (χ2n) is 19.5. The number of hydrogen-bond donors (Lipinski definition) is 1. The van der Waals surface area contributed by atoms with Gasteiger partial charge in [-0.25, -0.2) is 22.8 Å². The molecule has 3 fully saturated rings. The molecule has 0 spiro atoms. The van der Waals surface area contributed by atoms with Gasteiger partial charge in [0, 0.05) is 64.0 Å². The number of rotatable bonds is 12. The number of carbonyl (C=O) groups is 2. The lowest BCUT2D eigenvalue weighted by Crippen LogP contribution is -2.52. The summed E-state index contributed by atoms with van der Waals surface area (Å²) in [6.07, 6.45) is -0.637. The zero-order chi connectivity index (χ0) is 51.3. The van der Waals surface area contributed by atoms with Crippen molar-refractivity contribution >= 4 is 12.2 Å². The number of ether oxygens (including phenoxy) is 7. The second kappa shape index (κ2) is 28.8. The molecule has 3 aliphatic heterocycles. The van der Waals surface area contributed by atoms with Gasteiger partial charge in [0.2, 0.25) is 0 Å². The summed E-state index contributed by atoms with van der Waals surface area (Å²) in [4.78, 5) is 30.1. The Morgan fingerprint density at radius 3 is 1.71 bits per heavy atom. The van der Waals surface area contributed by atoms with Crippen LogP contribution < -0.4 is 19.5 Å². The van der Waals surface area contributed by atoms with Crippen LogP contribution in [0.3, 0.4) is 0 Å². The van der Waals surface area contributed by atoms with Crippen LogP contribution in [0.25, 0.3) is 0 Å². The molecule has 0 saturated carbocycles. The quantitative estimate of drug-likeness (QED) is 0.187. The number of piperazine rings is 1. The largest absolute Gasteiger partial charge is 0.492 e. The first kappa shape index (κ1) is 58.5. The van der Waals surface area contributed by atoms with E-state index in [1.54, 1.807) is 28.0 Å². The fraction of sp³-hybridized carbons (Fsp3) is 0.623. The summed E-state index contributed by atoms with van der Waals surface area (Å²) in [6.45, 7) is 33.5. The summed E-state index contributed by atoms with van der Waals surface area (Å²) in [7, 11) is 0. The highest BCUT2D eigenvalue weighted by molar-refractivity contribution is 5.69. The number of amides is 2. The van der Waals surface area contributed by atoms with Gasteiger partial charge in [-0.1, -0.05) is 59.7 Å². The molecule has 0 radical (unpaired) electrons. The van der Waals surface area contributed by atoms with E-state index in [2.05, 4.69) is 24.1 Å². The number of halogens is 3. The Morgan fingerprint density at radius 2 is 1.17 bits per heavy atom. The van der Waals surface area contributed by atoms with Crippen molar-refractivity contribution in [2.45, 2.75) is 125 Å². The summed E-state index contributed by atoms with van der Waals surface area (Å²) >= 11 is 0. The Bertz CT molecular complexity index is 2000. The highest BCUT2D eigenvalue weighted by atomic mass is 19.1. The highest BCUT2D eigenvalue weighted by Gasteiger charge is 2.32. The smallest absolute Gasteiger partial charge is 0.410 e. The fourth-order valence-corrected chi connectivity index (χ4v) is 7.17. The third kappa shape index (κ3) is 21.4. The number of nitrogens with zero attached hydrogens (tertiary/aromatic N) is 3. The molecule has 13 nitrogen and oxygen atoms in total. The van der Waals surface area contributed by atoms with Gasteiger partial charge in [0.15, 0.2) is 0 Å². The van der Waals surface area contributed by atoms with Crippen molar-refractivity contribution in [2.75, 3.05) is 92.1 Å². The van der Waals surface area contributed by atoms with E-state index in [-0.39, 0.29) is 60.2 Å². The molecule has 0 bridgehead atoms. The minimum absolute atomic E-state index is 0.191. The Morgan fingerprint density at radius 1 is 0.667 bits per heavy atom. The van der Waals surface area contributed by atoms with Gasteiger partial charge in [0.25, 0.3) is 0 Å². The molecule has 388 valence electrons. The summed E-state index contributed by atoms with van der Waals surface area (Å²) in [5, 5.41) is 3.28. The maximum absolute atomic E-state index is 13.6. The van der Waals surface area contributed by atoms with Crippen molar-refractivity contribution in [1.82, 2.24) is 20.0 Å². The second-order valence-corrected chi connectivity index (χ2v) is 19.5. The van der Waals surface area contributed by atoms with Crippen LogP contribution in [0.2, 0.25) is 0 Å². The van der Waals surface area contributed by atoms with E-state index in [1.165, 1.54) is 36.4 Å². The van der Waals surface area contributed by atoms with Crippen LogP contribution in [0, 0.1) is 24.4 Å². The molecule has 3 aromatic carbocycles. The monoisotopic (exact) mass is 975 g/mol. The van der Waals surface area contributed by atoms with Gasteiger partial charge in [-0.2, -0.15) is 0 Å². The van der Waals surface area contributed by atoms with Crippen LogP contribution in [0.15, 0.2) is 54.6 Å². The van der Waals surface area contributed by atoms with Gasteiger partial charge < -0.3 is 43.4 Å². The van der Waals surface area contributed by atoms with Crippen LogP contribution in [0.4, 0.5) is 22.8 Å². The Balaban J connectivity index is 0.000000276. The molecule has 0 aliphatic carbocycles. The zero-order valence-electron chi connectivity index (χ0n) is 43.6. The Kier molecular flexibility index (Phi) is 24.4.